The summed E-state index contributed by atoms with van der Waals surface area (Å²) in [7, 11) is 0. The largest absolute Gasteiger partial charge is 0.462 e. The highest BCUT2D eigenvalue weighted by molar-refractivity contribution is 5.67. The molecule has 3 fully saturated rings. The summed E-state index contributed by atoms with van der Waals surface area (Å²) in [4.78, 5) is 23.1. The topological polar surface area (TPSA) is 52.6 Å². The second-order valence-electron chi connectivity index (χ2n) is 10.3. The third kappa shape index (κ3) is 3.27. The summed E-state index contributed by atoms with van der Waals surface area (Å²) >= 11 is 0. The van der Waals surface area contributed by atoms with Crippen molar-refractivity contribution in [2.24, 2.45) is 28.6 Å². The molecule has 0 amide bonds. The first-order valence-corrected chi connectivity index (χ1v) is 11.4. The van der Waals surface area contributed by atoms with Crippen molar-refractivity contribution >= 4 is 11.9 Å². The van der Waals surface area contributed by atoms with Crippen LogP contribution in [0.25, 0.3) is 0 Å². The Kier molecular flexibility index (Phi) is 5.19. The van der Waals surface area contributed by atoms with E-state index in [0.29, 0.717) is 17.8 Å². The zero-order chi connectivity index (χ0) is 21.0. The van der Waals surface area contributed by atoms with Crippen LogP contribution in [-0.4, -0.2) is 24.1 Å². The second-order valence-corrected chi connectivity index (χ2v) is 10.3. The molecule has 4 nitrogen and oxygen atoms in total. The van der Waals surface area contributed by atoms with Gasteiger partial charge in [-0.3, -0.25) is 9.59 Å². The number of carbonyl (C=O) groups excluding carboxylic acids is 2. The fourth-order valence-electron chi connectivity index (χ4n) is 7.63. The lowest BCUT2D eigenvalue weighted by atomic mass is 9.48. The van der Waals surface area contributed by atoms with E-state index < -0.39 is 0 Å². The molecule has 0 aromatic rings. The van der Waals surface area contributed by atoms with Crippen molar-refractivity contribution in [3.05, 3.63) is 23.3 Å². The number of allylic oxidation sites excluding steroid dienone is 2. The van der Waals surface area contributed by atoms with Gasteiger partial charge < -0.3 is 9.47 Å². The van der Waals surface area contributed by atoms with Gasteiger partial charge in [-0.1, -0.05) is 31.6 Å². The maximum atomic E-state index is 11.7. The van der Waals surface area contributed by atoms with Gasteiger partial charge in [0.1, 0.15) is 12.2 Å². The summed E-state index contributed by atoms with van der Waals surface area (Å²) in [6.45, 7) is 10.0. The molecule has 7 atom stereocenters. The molecule has 0 heterocycles. The van der Waals surface area contributed by atoms with Gasteiger partial charge in [-0.2, -0.15) is 0 Å². The van der Waals surface area contributed by atoms with Crippen LogP contribution in [0.4, 0.5) is 0 Å². The fraction of sp³-hybridized carbons (Fsp3) is 0.760. The average molecular weight is 401 g/mol. The molecule has 29 heavy (non-hydrogen) atoms. The van der Waals surface area contributed by atoms with E-state index in [9.17, 15) is 9.59 Å². The Balaban J connectivity index is 1.61. The summed E-state index contributed by atoms with van der Waals surface area (Å²) in [5.41, 5.74) is 3.22. The van der Waals surface area contributed by atoms with E-state index in [2.05, 4.69) is 32.9 Å². The predicted molar refractivity (Wildman–Crippen MR) is 112 cm³/mol. The highest BCUT2D eigenvalue weighted by atomic mass is 16.5. The van der Waals surface area contributed by atoms with Gasteiger partial charge >= 0.3 is 11.9 Å². The number of fused-ring (bicyclic) bond motifs is 5. The van der Waals surface area contributed by atoms with Crippen LogP contribution in [0.1, 0.15) is 79.6 Å². The molecule has 4 aliphatic rings. The monoisotopic (exact) mass is 400 g/mol. The summed E-state index contributed by atoms with van der Waals surface area (Å²) in [5, 5.41) is 0. The van der Waals surface area contributed by atoms with E-state index in [1.807, 2.05) is 0 Å². The summed E-state index contributed by atoms with van der Waals surface area (Å²) in [6.07, 6.45) is 12.1. The first-order chi connectivity index (χ1) is 13.7. The molecule has 0 aromatic carbocycles. The molecule has 0 saturated heterocycles. The van der Waals surface area contributed by atoms with E-state index in [-0.39, 0.29) is 35.0 Å². The van der Waals surface area contributed by atoms with Crippen LogP contribution >= 0.6 is 0 Å². The van der Waals surface area contributed by atoms with Crippen LogP contribution in [0.5, 0.6) is 0 Å². The van der Waals surface area contributed by atoms with Crippen molar-refractivity contribution in [1.82, 2.24) is 0 Å². The SMILES string of the molecule is CC=C1C(OC(C)=O)CC2C3CC=C4C[C@@H](OC(C)=O)CC[C@]4(C)C3CC[C@]12C. The lowest BCUT2D eigenvalue weighted by Gasteiger charge is -2.57. The van der Waals surface area contributed by atoms with Crippen LogP contribution in [0.2, 0.25) is 0 Å². The molecule has 0 spiro atoms. The van der Waals surface area contributed by atoms with E-state index in [4.69, 9.17) is 9.47 Å². The van der Waals surface area contributed by atoms with Crippen LogP contribution in [0, 0.1) is 28.6 Å². The Morgan fingerprint density at radius 3 is 2.38 bits per heavy atom. The molecule has 4 aliphatic carbocycles. The summed E-state index contributed by atoms with van der Waals surface area (Å²) in [6, 6.07) is 0. The average Bonchev–Trinajstić information content (AvgIpc) is 2.92. The predicted octanol–water partition coefficient (Wildman–Crippen LogP) is 5.37. The van der Waals surface area contributed by atoms with Gasteiger partial charge in [0.15, 0.2) is 0 Å². The molecule has 0 bridgehead atoms. The van der Waals surface area contributed by atoms with Gasteiger partial charge in [-0.15, -0.1) is 0 Å². The molecule has 4 unspecified atom stereocenters. The molecule has 0 aromatic heterocycles. The zero-order valence-corrected chi connectivity index (χ0v) is 18.6. The minimum atomic E-state index is -0.172. The van der Waals surface area contributed by atoms with Crippen LogP contribution in [0.3, 0.4) is 0 Å². The van der Waals surface area contributed by atoms with E-state index in [1.165, 1.54) is 37.8 Å². The lowest BCUT2D eigenvalue weighted by molar-refractivity contribution is -0.148. The van der Waals surface area contributed by atoms with Crippen LogP contribution in [0.15, 0.2) is 23.3 Å². The Morgan fingerprint density at radius 1 is 1.03 bits per heavy atom. The maximum absolute atomic E-state index is 11.7. The van der Waals surface area contributed by atoms with Gasteiger partial charge in [0.2, 0.25) is 0 Å². The molecule has 4 heteroatoms. The van der Waals surface area contributed by atoms with E-state index in [1.54, 1.807) is 0 Å². The number of esters is 2. The molecule has 0 radical (unpaired) electrons. The summed E-state index contributed by atoms with van der Waals surface area (Å²) in [5.74, 6) is 1.55. The number of rotatable bonds is 2. The second kappa shape index (κ2) is 7.28. The Labute approximate surface area is 175 Å². The first kappa shape index (κ1) is 20.7. The lowest BCUT2D eigenvalue weighted by Crippen LogP contribution is -2.49. The Morgan fingerprint density at radius 2 is 1.72 bits per heavy atom. The van der Waals surface area contributed by atoms with Crippen molar-refractivity contribution in [3.63, 3.8) is 0 Å². The number of carbonyl (C=O) groups is 2. The van der Waals surface area contributed by atoms with Crippen LogP contribution < -0.4 is 0 Å². The van der Waals surface area contributed by atoms with E-state index >= 15 is 0 Å². The van der Waals surface area contributed by atoms with Crippen molar-refractivity contribution in [2.45, 2.75) is 91.8 Å². The van der Waals surface area contributed by atoms with Crippen LogP contribution in [-0.2, 0) is 19.1 Å². The third-order valence-corrected chi connectivity index (χ3v) is 8.87. The third-order valence-electron chi connectivity index (χ3n) is 8.87. The fourth-order valence-corrected chi connectivity index (χ4v) is 7.63. The molecule has 0 aliphatic heterocycles. The van der Waals surface area contributed by atoms with Gasteiger partial charge in [0.05, 0.1) is 0 Å². The molecular formula is C25H36O4. The molecule has 160 valence electrons. The van der Waals surface area contributed by atoms with Gasteiger partial charge in [0, 0.05) is 20.3 Å². The Bertz CT molecular complexity index is 765. The molecular weight excluding hydrogens is 364 g/mol. The Hall–Kier alpha value is -1.58. The number of ether oxygens (including phenoxy) is 2. The minimum Gasteiger partial charge on any atom is -0.462 e. The zero-order valence-electron chi connectivity index (χ0n) is 18.6. The molecule has 0 N–H and O–H groups in total. The van der Waals surface area contributed by atoms with Gasteiger partial charge in [-0.05, 0) is 79.6 Å². The first-order valence-electron chi connectivity index (χ1n) is 11.4. The molecule has 4 rings (SSSR count). The van der Waals surface area contributed by atoms with Crippen molar-refractivity contribution in [1.29, 1.82) is 0 Å². The van der Waals surface area contributed by atoms with E-state index in [0.717, 1.165) is 32.1 Å². The molecule has 3 saturated carbocycles. The summed E-state index contributed by atoms with van der Waals surface area (Å²) < 4.78 is 11.3. The minimum absolute atomic E-state index is 0.0479. The smallest absolute Gasteiger partial charge is 0.303 e. The highest BCUT2D eigenvalue weighted by Crippen LogP contribution is 2.66. The van der Waals surface area contributed by atoms with Gasteiger partial charge in [-0.25, -0.2) is 0 Å². The van der Waals surface area contributed by atoms with Gasteiger partial charge in [0.25, 0.3) is 0 Å². The van der Waals surface area contributed by atoms with Crippen molar-refractivity contribution in [3.8, 4) is 0 Å². The van der Waals surface area contributed by atoms with Crippen molar-refractivity contribution < 1.29 is 19.1 Å². The number of hydrogen-bond acceptors (Lipinski definition) is 4. The normalized spacial score (nSPS) is 44.9. The van der Waals surface area contributed by atoms with Crippen molar-refractivity contribution in [2.75, 3.05) is 0 Å². The maximum Gasteiger partial charge on any atom is 0.303 e. The standard InChI is InChI=1S/C25H36O4/c1-6-20-23(29-16(3)27)14-22-19-8-7-17-13-18(28-15(2)26)9-11-24(17,4)21(19)10-12-25(20,22)5/h6-7,18-19,21-23H,8-14H2,1-5H3/t18-,19?,21?,22?,23?,24-,25+/m0/s1. The highest BCUT2D eigenvalue weighted by Gasteiger charge is 2.59. The number of hydrogen-bond donors (Lipinski definition) is 0. The quantitative estimate of drug-likeness (QED) is 0.462.